The third-order valence-electron chi connectivity index (χ3n) is 12.0. The van der Waals surface area contributed by atoms with E-state index < -0.39 is 18.2 Å². The lowest BCUT2D eigenvalue weighted by molar-refractivity contribution is -0.151. The normalized spacial score (nSPS) is 13.5. The highest BCUT2D eigenvalue weighted by atomic mass is 16.5. The minimum atomic E-state index is -0.793. The summed E-state index contributed by atoms with van der Waals surface area (Å²) in [6, 6.07) is -0.709. The predicted molar refractivity (Wildman–Crippen MR) is 259 cm³/mol. The first-order valence-electron chi connectivity index (χ1n) is 26.2. The van der Waals surface area contributed by atoms with Crippen LogP contribution in [0.3, 0.4) is 0 Å². The van der Waals surface area contributed by atoms with E-state index >= 15 is 0 Å². The minimum Gasteiger partial charge on any atom is -0.462 e. The van der Waals surface area contributed by atoms with Gasteiger partial charge in [0.2, 0.25) is 5.91 Å². The predicted octanol–water partition coefficient (Wildman–Crippen LogP) is 15.7. The molecular formula is C54H101NO5. The fourth-order valence-electron chi connectivity index (χ4n) is 7.95. The molecule has 0 fully saturated rings. The Bertz CT molecular complexity index is 993. The van der Waals surface area contributed by atoms with Crippen LogP contribution in [0.5, 0.6) is 0 Å². The second kappa shape index (κ2) is 48.1. The molecule has 0 aromatic heterocycles. The quantitative estimate of drug-likeness (QED) is 0.0245. The van der Waals surface area contributed by atoms with Crippen molar-refractivity contribution in [3.8, 4) is 0 Å². The van der Waals surface area contributed by atoms with Gasteiger partial charge in [0, 0.05) is 6.42 Å². The third kappa shape index (κ3) is 42.8. The summed E-state index contributed by atoms with van der Waals surface area (Å²) in [5.74, 6) is -0.512. The van der Waals surface area contributed by atoms with E-state index in [9.17, 15) is 19.8 Å². The molecule has 0 aliphatic heterocycles. The molecule has 0 heterocycles. The van der Waals surface area contributed by atoms with Crippen molar-refractivity contribution in [1.29, 1.82) is 0 Å². The summed E-state index contributed by atoms with van der Waals surface area (Å²) in [5, 5.41) is 23.7. The van der Waals surface area contributed by atoms with Crippen molar-refractivity contribution in [2.45, 2.75) is 289 Å². The number of ether oxygens (including phenoxy) is 1. The topological polar surface area (TPSA) is 95.9 Å². The first kappa shape index (κ1) is 58.1. The Balaban J connectivity index is 4.63. The monoisotopic (exact) mass is 844 g/mol. The Kier molecular flexibility index (Phi) is 46.6. The SMILES string of the molecule is CCCCCCCCC/C=C/C=C/CCCCCC(=O)OC(CCCCC/C=C/CCCCCCCCC)CC(=O)NC(CO)C(O)CCCCCCCCCCCCC. The standard InChI is InChI=1S/C54H101NO5/c1-4-7-10-13-16-19-22-24-26-27-29-32-35-38-41-44-47-54(59)60-50(45-42-39-36-33-31-28-25-23-20-17-14-11-8-5-2)48-53(58)55-51(49-56)52(57)46-43-40-37-34-30-21-18-15-12-9-6-3/h26-29,31-32,50-52,56-57H,4-25,30,33-49H2,1-3H3,(H,55,58)/b27-26+,31-28+,32-29+. The van der Waals surface area contributed by atoms with Gasteiger partial charge in [-0.15, -0.1) is 0 Å². The summed E-state index contributed by atoms with van der Waals surface area (Å²) in [4.78, 5) is 26.1. The number of carbonyl (C=O) groups excluding carboxylic acids is 2. The molecule has 0 spiro atoms. The molecule has 0 saturated carbocycles. The van der Waals surface area contributed by atoms with Crippen LogP contribution in [-0.2, 0) is 14.3 Å². The molecule has 352 valence electrons. The van der Waals surface area contributed by atoms with Crippen LogP contribution in [0.2, 0.25) is 0 Å². The number of hydrogen-bond donors (Lipinski definition) is 3. The lowest BCUT2D eigenvalue weighted by Crippen LogP contribution is -2.46. The molecular weight excluding hydrogens is 743 g/mol. The Hall–Kier alpha value is -1.92. The van der Waals surface area contributed by atoms with Crippen molar-refractivity contribution >= 4 is 11.9 Å². The molecule has 0 aliphatic rings. The molecule has 0 bridgehead atoms. The molecule has 0 aliphatic carbocycles. The van der Waals surface area contributed by atoms with Crippen LogP contribution >= 0.6 is 0 Å². The molecule has 3 unspecified atom stereocenters. The number of unbranched alkanes of at least 4 members (excludes halogenated alkanes) is 30. The maximum absolute atomic E-state index is 13.2. The van der Waals surface area contributed by atoms with Crippen molar-refractivity contribution in [1.82, 2.24) is 5.32 Å². The van der Waals surface area contributed by atoms with Crippen LogP contribution in [0, 0.1) is 0 Å². The zero-order valence-electron chi connectivity index (χ0n) is 40.1. The highest BCUT2D eigenvalue weighted by molar-refractivity contribution is 5.77. The number of carbonyl (C=O) groups is 2. The number of amides is 1. The summed E-state index contributed by atoms with van der Waals surface area (Å²) in [6.07, 6.45) is 56.3. The number of hydrogen-bond acceptors (Lipinski definition) is 5. The van der Waals surface area contributed by atoms with Gasteiger partial charge in [0.05, 0.1) is 25.2 Å². The Morgan fingerprint density at radius 2 is 0.850 bits per heavy atom. The summed E-state index contributed by atoms with van der Waals surface area (Å²) in [7, 11) is 0. The maximum Gasteiger partial charge on any atom is 0.306 e. The number of allylic oxidation sites excluding steroid dienone is 6. The van der Waals surface area contributed by atoms with E-state index in [1.807, 2.05) is 0 Å². The Morgan fingerprint density at radius 1 is 0.483 bits per heavy atom. The molecule has 0 radical (unpaired) electrons. The zero-order chi connectivity index (χ0) is 43.8. The van der Waals surface area contributed by atoms with E-state index in [0.29, 0.717) is 19.3 Å². The molecule has 3 N–H and O–H groups in total. The molecule has 6 nitrogen and oxygen atoms in total. The summed E-state index contributed by atoms with van der Waals surface area (Å²) in [5.41, 5.74) is 0. The number of aliphatic hydroxyl groups excluding tert-OH is 2. The average molecular weight is 844 g/mol. The van der Waals surface area contributed by atoms with Gasteiger partial charge in [0.25, 0.3) is 0 Å². The first-order valence-corrected chi connectivity index (χ1v) is 26.2. The van der Waals surface area contributed by atoms with E-state index in [1.54, 1.807) is 0 Å². The fourth-order valence-corrected chi connectivity index (χ4v) is 7.95. The van der Waals surface area contributed by atoms with Crippen LogP contribution in [0.1, 0.15) is 271 Å². The molecule has 3 atom stereocenters. The molecule has 0 aromatic carbocycles. The van der Waals surface area contributed by atoms with Gasteiger partial charge in [-0.1, -0.05) is 218 Å². The molecule has 1 amide bonds. The highest BCUT2D eigenvalue weighted by Crippen LogP contribution is 2.17. The van der Waals surface area contributed by atoms with E-state index in [-0.39, 0.29) is 24.9 Å². The van der Waals surface area contributed by atoms with Crippen molar-refractivity contribution in [3.05, 3.63) is 36.5 Å². The van der Waals surface area contributed by atoms with Gasteiger partial charge in [-0.3, -0.25) is 9.59 Å². The summed E-state index contributed by atoms with van der Waals surface area (Å²) < 4.78 is 5.92. The lowest BCUT2D eigenvalue weighted by Gasteiger charge is -2.24. The van der Waals surface area contributed by atoms with Gasteiger partial charge in [0.1, 0.15) is 6.10 Å². The smallest absolute Gasteiger partial charge is 0.306 e. The van der Waals surface area contributed by atoms with Gasteiger partial charge >= 0.3 is 5.97 Å². The summed E-state index contributed by atoms with van der Waals surface area (Å²) >= 11 is 0. The second-order valence-electron chi connectivity index (χ2n) is 17.9. The van der Waals surface area contributed by atoms with E-state index in [4.69, 9.17) is 4.74 Å². The van der Waals surface area contributed by atoms with Gasteiger partial charge in [-0.25, -0.2) is 0 Å². The van der Waals surface area contributed by atoms with Crippen molar-refractivity contribution in [2.24, 2.45) is 0 Å². The van der Waals surface area contributed by atoms with Crippen molar-refractivity contribution in [2.75, 3.05) is 6.61 Å². The Morgan fingerprint density at radius 3 is 1.30 bits per heavy atom. The highest BCUT2D eigenvalue weighted by Gasteiger charge is 2.24. The maximum atomic E-state index is 13.2. The van der Waals surface area contributed by atoms with Crippen molar-refractivity contribution in [3.63, 3.8) is 0 Å². The number of nitrogens with one attached hydrogen (secondary N) is 1. The third-order valence-corrected chi connectivity index (χ3v) is 12.0. The van der Waals surface area contributed by atoms with Gasteiger partial charge in [-0.2, -0.15) is 0 Å². The second-order valence-corrected chi connectivity index (χ2v) is 17.9. The number of esters is 1. The fraction of sp³-hybridized carbons (Fsp3) is 0.852. The van der Waals surface area contributed by atoms with Crippen LogP contribution in [0.4, 0.5) is 0 Å². The largest absolute Gasteiger partial charge is 0.462 e. The van der Waals surface area contributed by atoms with E-state index in [0.717, 1.165) is 83.5 Å². The molecule has 0 saturated heterocycles. The lowest BCUT2D eigenvalue weighted by atomic mass is 10.0. The molecule has 0 rings (SSSR count). The number of rotatable bonds is 47. The van der Waals surface area contributed by atoms with Crippen LogP contribution < -0.4 is 5.32 Å². The average Bonchev–Trinajstić information content (AvgIpc) is 3.24. The van der Waals surface area contributed by atoms with Crippen LogP contribution in [-0.4, -0.2) is 46.9 Å². The van der Waals surface area contributed by atoms with E-state index in [1.165, 1.54) is 141 Å². The summed E-state index contributed by atoms with van der Waals surface area (Å²) in [6.45, 7) is 6.47. The number of aliphatic hydroxyl groups is 2. The van der Waals surface area contributed by atoms with Gasteiger partial charge in [-0.05, 0) is 77.0 Å². The van der Waals surface area contributed by atoms with Gasteiger partial charge < -0.3 is 20.3 Å². The van der Waals surface area contributed by atoms with Gasteiger partial charge in [0.15, 0.2) is 0 Å². The molecule has 0 aromatic rings. The minimum absolute atomic E-state index is 0.0586. The Labute approximate surface area is 373 Å². The van der Waals surface area contributed by atoms with Crippen molar-refractivity contribution < 1.29 is 24.5 Å². The van der Waals surface area contributed by atoms with E-state index in [2.05, 4.69) is 62.5 Å². The van der Waals surface area contributed by atoms with Crippen LogP contribution in [0.25, 0.3) is 0 Å². The van der Waals surface area contributed by atoms with Crippen LogP contribution in [0.15, 0.2) is 36.5 Å². The molecule has 60 heavy (non-hydrogen) atoms. The first-order chi connectivity index (χ1) is 29.5. The molecule has 6 heteroatoms. The zero-order valence-corrected chi connectivity index (χ0v) is 40.1.